The molecule has 21 heavy (non-hydrogen) atoms. The lowest BCUT2D eigenvalue weighted by Gasteiger charge is -2.30. The lowest BCUT2D eigenvalue weighted by Crippen LogP contribution is -2.41. The van der Waals surface area contributed by atoms with E-state index in [0.717, 1.165) is 25.9 Å². The number of carbonyl (C=O) groups excluding carboxylic acids is 1. The van der Waals surface area contributed by atoms with E-state index < -0.39 is 0 Å². The zero-order chi connectivity index (χ0) is 16.1. The van der Waals surface area contributed by atoms with Gasteiger partial charge in [-0.15, -0.1) is 0 Å². The molecule has 2 unspecified atom stereocenters. The van der Waals surface area contributed by atoms with E-state index in [2.05, 4.69) is 37.8 Å². The van der Waals surface area contributed by atoms with Crippen molar-refractivity contribution in [3.05, 3.63) is 12.2 Å². The van der Waals surface area contributed by atoms with E-state index in [9.17, 15) is 4.79 Å². The van der Waals surface area contributed by atoms with Gasteiger partial charge in [0.1, 0.15) is 0 Å². The van der Waals surface area contributed by atoms with Crippen molar-refractivity contribution in [2.75, 3.05) is 13.1 Å². The van der Waals surface area contributed by atoms with Gasteiger partial charge in [-0.25, -0.2) is 0 Å². The predicted octanol–water partition coefficient (Wildman–Crippen LogP) is 5.04. The molecule has 0 spiro atoms. The van der Waals surface area contributed by atoms with Crippen molar-refractivity contribution in [2.45, 2.75) is 73.6 Å². The van der Waals surface area contributed by atoms with E-state index in [0.29, 0.717) is 17.2 Å². The minimum absolute atomic E-state index is 0.260. The molecular formula is C19H35NO. The average Bonchev–Trinajstić information content (AvgIpc) is 3.03. The Hall–Kier alpha value is -0.790. The van der Waals surface area contributed by atoms with E-state index >= 15 is 0 Å². The van der Waals surface area contributed by atoms with Crippen LogP contribution in [0.1, 0.15) is 73.6 Å². The zero-order valence-corrected chi connectivity index (χ0v) is 15.0. The fourth-order valence-electron chi connectivity index (χ4n) is 3.04. The molecule has 1 amide bonds. The molecule has 0 aliphatic heterocycles. The third-order valence-electron chi connectivity index (χ3n) is 4.81. The lowest BCUT2D eigenvalue weighted by molar-refractivity contribution is -0.139. The highest BCUT2D eigenvalue weighted by Gasteiger charge is 2.50. The van der Waals surface area contributed by atoms with Crippen molar-refractivity contribution in [1.82, 2.24) is 4.90 Å². The van der Waals surface area contributed by atoms with E-state index in [1.165, 1.54) is 19.3 Å². The molecular weight excluding hydrogens is 258 g/mol. The quantitative estimate of drug-likeness (QED) is 0.574. The van der Waals surface area contributed by atoms with Gasteiger partial charge in [0.15, 0.2) is 0 Å². The van der Waals surface area contributed by atoms with E-state index in [4.69, 9.17) is 0 Å². The predicted molar refractivity (Wildman–Crippen MR) is 91.2 cm³/mol. The van der Waals surface area contributed by atoms with Gasteiger partial charge in [-0.3, -0.25) is 4.79 Å². The summed E-state index contributed by atoms with van der Waals surface area (Å²) in [5.41, 5.74) is 0.201. The van der Waals surface area contributed by atoms with Crippen LogP contribution in [0.5, 0.6) is 0 Å². The number of allylic oxidation sites excluding steroid dienone is 2. The van der Waals surface area contributed by atoms with Gasteiger partial charge < -0.3 is 4.90 Å². The normalized spacial score (nSPS) is 25.3. The summed E-state index contributed by atoms with van der Waals surface area (Å²) in [6.45, 7) is 14.7. The average molecular weight is 293 g/mol. The highest BCUT2D eigenvalue weighted by Crippen LogP contribution is 2.56. The Morgan fingerprint density at radius 3 is 2.57 bits per heavy atom. The number of hydrogen-bond acceptors (Lipinski definition) is 1. The van der Waals surface area contributed by atoms with E-state index in [1.807, 2.05) is 20.8 Å². The number of hydrogen-bond donors (Lipinski definition) is 0. The van der Waals surface area contributed by atoms with Gasteiger partial charge in [0.2, 0.25) is 5.91 Å². The van der Waals surface area contributed by atoms with Gasteiger partial charge in [-0.2, -0.15) is 0 Å². The summed E-state index contributed by atoms with van der Waals surface area (Å²) in [6.07, 6.45) is 10.4. The monoisotopic (exact) mass is 293 g/mol. The van der Waals surface area contributed by atoms with Crippen LogP contribution in [-0.2, 0) is 4.79 Å². The van der Waals surface area contributed by atoms with Crippen molar-refractivity contribution in [3.63, 3.8) is 0 Å². The highest BCUT2D eigenvalue weighted by atomic mass is 16.2. The second-order valence-corrected chi connectivity index (χ2v) is 8.02. The Kier molecular flexibility index (Phi) is 6.49. The fourth-order valence-corrected chi connectivity index (χ4v) is 3.04. The van der Waals surface area contributed by atoms with Crippen molar-refractivity contribution in [2.24, 2.45) is 16.7 Å². The number of unbranched alkanes of at least 4 members (excludes halogenated alkanes) is 1. The first-order valence-electron chi connectivity index (χ1n) is 8.65. The standard InChI is InChI=1S/C19H35NO/c1-7-9-11-12-19(6)14-16(19)15-20(13-10-8-2)17(21)18(3,4)5/h7,9,16H,8,10-15H2,1-6H3/b9-7+. The molecule has 122 valence electrons. The molecule has 1 aliphatic rings. The Morgan fingerprint density at radius 1 is 1.38 bits per heavy atom. The van der Waals surface area contributed by atoms with Gasteiger partial charge in [0.25, 0.3) is 0 Å². The second kappa shape index (κ2) is 7.47. The number of carbonyl (C=O) groups is 1. The lowest BCUT2D eigenvalue weighted by atomic mass is 9.93. The molecule has 2 nitrogen and oxygen atoms in total. The van der Waals surface area contributed by atoms with Gasteiger partial charge in [-0.1, -0.05) is 53.2 Å². The molecule has 1 rings (SSSR count). The fraction of sp³-hybridized carbons (Fsp3) is 0.842. The summed E-state index contributed by atoms with van der Waals surface area (Å²) < 4.78 is 0. The molecule has 0 radical (unpaired) electrons. The number of rotatable bonds is 8. The van der Waals surface area contributed by atoms with Crippen molar-refractivity contribution >= 4 is 5.91 Å². The number of nitrogens with zero attached hydrogens (tertiary/aromatic N) is 1. The van der Waals surface area contributed by atoms with Gasteiger partial charge in [0, 0.05) is 18.5 Å². The molecule has 0 bridgehead atoms. The summed E-state index contributed by atoms with van der Waals surface area (Å²) in [6, 6.07) is 0. The van der Waals surface area contributed by atoms with Crippen LogP contribution in [0.15, 0.2) is 12.2 Å². The summed E-state index contributed by atoms with van der Waals surface area (Å²) in [4.78, 5) is 14.8. The van der Waals surface area contributed by atoms with E-state index in [-0.39, 0.29) is 5.41 Å². The first kappa shape index (κ1) is 18.3. The van der Waals surface area contributed by atoms with Crippen LogP contribution < -0.4 is 0 Å². The van der Waals surface area contributed by atoms with Crippen molar-refractivity contribution in [3.8, 4) is 0 Å². The Bertz CT molecular complexity index is 366. The van der Waals surface area contributed by atoms with Crippen LogP contribution in [0.2, 0.25) is 0 Å². The maximum Gasteiger partial charge on any atom is 0.227 e. The van der Waals surface area contributed by atoms with Crippen LogP contribution in [0.3, 0.4) is 0 Å². The molecule has 1 fully saturated rings. The van der Waals surface area contributed by atoms with E-state index in [1.54, 1.807) is 0 Å². The number of amides is 1. The van der Waals surface area contributed by atoms with Crippen LogP contribution in [0, 0.1) is 16.7 Å². The molecule has 2 atom stereocenters. The maximum absolute atomic E-state index is 12.6. The van der Waals surface area contributed by atoms with Crippen LogP contribution in [0.4, 0.5) is 0 Å². The highest BCUT2D eigenvalue weighted by molar-refractivity contribution is 5.81. The molecule has 0 heterocycles. The SMILES string of the molecule is C/C=C/CCC1(C)CC1CN(CCCC)C(=O)C(C)(C)C. The summed E-state index contributed by atoms with van der Waals surface area (Å²) in [7, 11) is 0. The van der Waals surface area contributed by atoms with Gasteiger partial charge in [0.05, 0.1) is 0 Å². The van der Waals surface area contributed by atoms with Crippen molar-refractivity contribution < 1.29 is 4.79 Å². The zero-order valence-electron chi connectivity index (χ0n) is 15.0. The molecule has 1 aliphatic carbocycles. The smallest absolute Gasteiger partial charge is 0.227 e. The third-order valence-corrected chi connectivity index (χ3v) is 4.81. The van der Waals surface area contributed by atoms with Gasteiger partial charge in [-0.05, 0) is 43.9 Å². The van der Waals surface area contributed by atoms with Crippen LogP contribution in [0.25, 0.3) is 0 Å². The minimum atomic E-state index is -0.260. The topological polar surface area (TPSA) is 20.3 Å². The minimum Gasteiger partial charge on any atom is -0.342 e. The second-order valence-electron chi connectivity index (χ2n) is 8.02. The molecule has 0 aromatic heterocycles. The first-order chi connectivity index (χ1) is 9.74. The van der Waals surface area contributed by atoms with Crippen LogP contribution in [-0.4, -0.2) is 23.9 Å². The summed E-state index contributed by atoms with van der Waals surface area (Å²) in [5, 5.41) is 0. The van der Waals surface area contributed by atoms with Crippen molar-refractivity contribution in [1.29, 1.82) is 0 Å². The molecule has 2 heteroatoms. The first-order valence-corrected chi connectivity index (χ1v) is 8.65. The van der Waals surface area contributed by atoms with Crippen LogP contribution >= 0.6 is 0 Å². The summed E-state index contributed by atoms with van der Waals surface area (Å²) in [5.74, 6) is 1.02. The molecule has 0 aromatic carbocycles. The molecule has 0 N–H and O–H groups in total. The Morgan fingerprint density at radius 2 is 2.05 bits per heavy atom. The molecule has 0 saturated heterocycles. The Balaban J connectivity index is 2.57. The molecule has 1 saturated carbocycles. The largest absolute Gasteiger partial charge is 0.342 e. The third kappa shape index (κ3) is 5.48. The van der Waals surface area contributed by atoms with Gasteiger partial charge >= 0.3 is 0 Å². The molecule has 0 aromatic rings. The Labute approximate surface area is 132 Å². The summed E-state index contributed by atoms with van der Waals surface area (Å²) >= 11 is 0. The maximum atomic E-state index is 12.6.